The highest BCUT2D eigenvalue weighted by atomic mass is 79.9. The molecule has 0 radical (unpaired) electrons. The highest BCUT2D eigenvalue weighted by molar-refractivity contribution is 9.10. The van der Waals surface area contributed by atoms with Crippen molar-refractivity contribution in [1.82, 2.24) is 20.2 Å². The van der Waals surface area contributed by atoms with Gasteiger partial charge in [0.25, 0.3) is 5.69 Å². The molecule has 3 aromatic rings. The number of halogens is 1. The summed E-state index contributed by atoms with van der Waals surface area (Å²) in [5.74, 6) is 0. The van der Waals surface area contributed by atoms with Gasteiger partial charge in [0.2, 0.25) is 5.16 Å². The van der Waals surface area contributed by atoms with Gasteiger partial charge in [0, 0.05) is 10.5 Å². The van der Waals surface area contributed by atoms with Crippen LogP contribution in [0.1, 0.15) is 5.56 Å². The number of benzene rings is 2. The van der Waals surface area contributed by atoms with E-state index in [2.05, 4.69) is 31.5 Å². The number of para-hydroxylation sites is 1. The van der Waals surface area contributed by atoms with E-state index in [0.717, 1.165) is 23.0 Å². The van der Waals surface area contributed by atoms with E-state index in [1.165, 1.54) is 6.07 Å². The van der Waals surface area contributed by atoms with Crippen molar-refractivity contribution >= 4 is 33.4 Å². The van der Waals surface area contributed by atoms with Gasteiger partial charge in [0.1, 0.15) is 0 Å². The Bertz CT molecular complexity index is 883. The molecule has 1 aromatic heterocycles. The lowest BCUT2D eigenvalue weighted by molar-refractivity contribution is -0.387. The maximum absolute atomic E-state index is 11.2. The van der Waals surface area contributed by atoms with E-state index >= 15 is 0 Å². The molecule has 116 valence electrons. The topological polar surface area (TPSA) is 86.7 Å². The number of hydrogen-bond donors (Lipinski definition) is 0. The third-order valence-corrected chi connectivity index (χ3v) is 4.60. The maximum Gasteiger partial charge on any atom is 0.284 e. The Labute approximate surface area is 144 Å². The molecule has 0 unspecified atom stereocenters. The van der Waals surface area contributed by atoms with Gasteiger partial charge in [-0.2, -0.15) is 4.68 Å². The van der Waals surface area contributed by atoms with Gasteiger partial charge in [-0.05, 0) is 52.9 Å². The van der Waals surface area contributed by atoms with Gasteiger partial charge >= 0.3 is 0 Å². The summed E-state index contributed by atoms with van der Waals surface area (Å²) in [6.45, 7) is 1.95. The normalized spacial score (nSPS) is 10.7. The minimum absolute atomic E-state index is 0.00343. The Balaban J connectivity index is 2.02. The lowest BCUT2D eigenvalue weighted by Gasteiger charge is -2.07. The Morgan fingerprint density at radius 2 is 2.04 bits per heavy atom. The summed E-state index contributed by atoms with van der Waals surface area (Å²) < 4.78 is 2.22. The molecule has 2 aromatic carbocycles. The van der Waals surface area contributed by atoms with Crippen LogP contribution in [-0.4, -0.2) is 25.1 Å². The molecular formula is C14H10BrN5O2S. The molecule has 9 heteroatoms. The molecule has 0 atom stereocenters. The molecule has 3 rings (SSSR count). The van der Waals surface area contributed by atoms with Gasteiger partial charge in [-0.25, -0.2) is 0 Å². The zero-order chi connectivity index (χ0) is 16.4. The summed E-state index contributed by atoms with van der Waals surface area (Å²) in [6.07, 6.45) is 0. The van der Waals surface area contributed by atoms with Gasteiger partial charge in [0.05, 0.1) is 15.5 Å². The van der Waals surface area contributed by atoms with Gasteiger partial charge in [0.15, 0.2) is 0 Å². The van der Waals surface area contributed by atoms with Crippen LogP contribution in [0.3, 0.4) is 0 Å². The Hall–Kier alpha value is -2.26. The van der Waals surface area contributed by atoms with E-state index in [9.17, 15) is 10.1 Å². The minimum atomic E-state index is -0.422. The van der Waals surface area contributed by atoms with Crippen molar-refractivity contribution in [3.05, 3.63) is 62.6 Å². The molecule has 7 nitrogen and oxygen atoms in total. The SMILES string of the molecule is Cc1ccccc1-n1nnnc1Sc1ccc(Br)cc1[N+](=O)[O-]. The summed E-state index contributed by atoms with van der Waals surface area (Å²) in [5, 5.41) is 23.4. The van der Waals surface area contributed by atoms with Crippen LogP contribution in [0, 0.1) is 17.0 Å². The summed E-state index contributed by atoms with van der Waals surface area (Å²) in [7, 11) is 0. The molecule has 0 aliphatic rings. The molecule has 1 heterocycles. The first-order chi connectivity index (χ1) is 11.1. The Kier molecular flexibility index (Phi) is 4.39. The molecule has 0 saturated carbocycles. The van der Waals surface area contributed by atoms with Gasteiger partial charge in [-0.1, -0.05) is 34.1 Å². The summed E-state index contributed by atoms with van der Waals surface area (Å²) in [6, 6.07) is 12.5. The monoisotopic (exact) mass is 391 g/mol. The largest absolute Gasteiger partial charge is 0.284 e. The summed E-state index contributed by atoms with van der Waals surface area (Å²) in [4.78, 5) is 11.3. The Morgan fingerprint density at radius 1 is 1.26 bits per heavy atom. The molecule has 0 N–H and O–H groups in total. The van der Waals surface area contributed by atoms with Crippen molar-refractivity contribution in [3.8, 4) is 5.69 Å². The second-order valence-electron chi connectivity index (χ2n) is 4.63. The average Bonchev–Trinajstić information content (AvgIpc) is 2.97. The quantitative estimate of drug-likeness (QED) is 0.496. The van der Waals surface area contributed by atoms with Gasteiger partial charge in [-0.15, -0.1) is 5.10 Å². The number of nitro groups is 1. The van der Waals surface area contributed by atoms with Gasteiger partial charge < -0.3 is 0 Å². The van der Waals surface area contributed by atoms with Crippen molar-refractivity contribution in [2.75, 3.05) is 0 Å². The van der Waals surface area contributed by atoms with Crippen molar-refractivity contribution in [2.24, 2.45) is 0 Å². The molecule has 23 heavy (non-hydrogen) atoms. The smallest absolute Gasteiger partial charge is 0.258 e. The first kappa shape index (κ1) is 15.6. The predicted molar refractivity (Wildman–Crippen MR) is 88.8 cm³/mol. The second-order valence-corrected chi connectivity index (χ2v) is 6.56. The number of rotatable bonds is 4. The number of aryl methyl sites for hydroxylation is 1. The maximum atomic E-state index is 11.2. The van der Waals surface area contributed by atoms with Crippen molar-refractivity contribution < 1.29 is 4.92 Å². The third-order valence-electron chi connectivity index (χ3n) is 3.10. The fraction of sp³-hybridized carbons (Fsp3) is 0.0714. The lowest BCUT2D eigenvalue weighted by Crippen LogP contribution is -2.01. The third kappa shape index (κ3) is 3.25. The number of nitrogens with zero attached hydrogens (tertiary/aromatic N) is 5. The molecule has 0 aliphatic heterocycles. The molecule has 0 bridgehead atoms. The van der Waals surface area contributed by atoms with E-state index in [1.807, 2.05) is 31.2 Å². The van der Waals surface area contributed by atoms with Gasteiger partial charge in [-0.3, -0.25) is 10.1 Å². The fourth-order valence-electron chi connectivity index (χ4n) is 2.01. The van der Waals surface area contributed by atoms with Crippen LogP contribution in [-0.2, 0) is 0 Å². The first-order valence-corrected chi connectivity index (χ1v) is 8.13. The fourth-order valence-corrected chi connectivity index (χ4v) is 3.23. The molecule has 0 fully saturated rings. The van der Waals surface area contributed by atoms with Crippen LogP contribution in [0.2, 0.25) is 0 Å². The highest BCUT2D eigenvalue weighted by Gasteiger charge is 2.19. The average molecular weight is 392 g/mol. The van der Waals surface area contributed by atoms with E-state index in [-0.39, 0.29) is 5.69 Å². The van der Waals surface area contributed by atoms with Crippen LogP contribution in [0.4, 0.5) is 5.69 Å². The van der Waals surface area contributed by atoms with E-state index < -0.39 is 4.92 Å². The Morgan fingerprint density at radius 3 is 2.78 bits per heavy atom. The molecule has 0 saturated heterocycles. The zero-order valence-electron chi connectivity index (χ0n) is 11.9. The molecular weight excluding hydrogens is 382 g/mol. The number of hydrogen-bond acceptors (Lipinski definition) is 6. The van der Waals surface area contributed by atoms with Crippen LogP contribution in [0.5, 0.6) is 0 Å². The highest BCUT2D eigenvalue weighted by Crippen LogP contribution is 2.36. The van der Waals surface area contributed by atoms with Crippen molar-refractivity contribution in [2.45, 2.75) is 17.0 Å². The van der Waals surface area contributed by atoms with E-state index in [4.69, 9.17) is 0 Å². The van der Waals surface area contributed by atoms with Crippen molar-refractivity contribution in [3.63, 3.8) is 0 Å². The summed E-state index contributed by atoms with van der Waals surface area (Å²) in [5.41, 5.74) is 1.84. The molecule has 0 aliphatic carbocycles. The number of tetrazole rings is 1. The molecule has 0 spiro atoms. The lowest BCUT2D eigenvalue weighted by atomic mass is 10.2. The van der Waals surface area contributed by atoms with E-state index in [1.54, 1.807) is 16.8 Å². The van der Waals surface area contributed by atoms with Crippen molar-refractivity contribution in [1.29, 1.82) is 0 Å². The summed E-state index contributed by atoms with van der Waals surface area (Å²) >= 11 is 4.40. The van der Waals surface area contributed by atoms with Crippen LogP contribution >= 0.6 is 27.7 Å². The minimum Gasteiger partial charge on any atom is -0.258 e. The van der Waals surface area contributed by atoms with Crippen LogP contribution in [0.25, 0.3) is 5.69 Å². The van der Waals surface area contributed by atoms with Crippen LogP contribution < -0.4 is 0 Å². The first-order valence-electron chi connectivity index (χ1n) is 6.52. The van der Waals surface area contributed by atoms with Crippen LogP contribution in [0.15, 0.2) is 57.0 Å². The van der Waals surface area contributed by atoms with E-state index in [0.29, 0.717) is 14.5 Å². The number of nitro benzene ring substituents is 1. The number of aromatic nitrogens is 4. The molecule has 0 amide bonds. The second kappa shape index (κ2) is 6.47. The predicted octanol–water partition coefficient (Wildman–Crippen LogP) is 3.79. The standard InChI is InChI=1S/C14H10BrN5O2S/c1-9-4-2-3-5-11(9)19-14(16-17-18-19)23-13-7-6-10(15)8-12(13)20(21)22/h2-8H,1H3. The zero-order valence-corrected chi connectivity index (χ0v) is 14.3.